The number of hydrogen-bond acceptors (Lipinski definition) is 5. The van der Waals surface area contributed by atoms with Crippen LogP contribution in [0.15, 0.2) is 24.3 Å². The lowest BCUT2D eigenvalue weighted by Gasteiger charge is -2.22. The molecule has 3 N–H and O–H groups in total. The highest BCUT2D eigenvalue weighted by Gasteiger charge is 2.20. The number of carbonyl (C=O) groups excluding carboxylic acids is 2. The Morgan fingerprint density at radius 2 is 0.618 bits per heavy atom. The monoisotopic (exact) mass is 1070 g/mol. The number of hydrogen-bond donors (Lipinski definition) is 3. The number of aliphatic hydroxyl groups excluding tert-OH is 2. The van der Waals surface area contributed by atoms with Gasteiger partial charge in [0, 0.05) is 12.8 Å². The molecule has 0 aliphatic heterocycles. The van der Waals surface area contributed by atoms with Crippen molar-refractivity contribution in [2.75, 3.05) is 13.2 Å². The minimum absolute atomic E-state index is 0.00447. The number of esters is 1. The van der Waals surface area contributed by atoms with Crippen molar-refractivity contribution in [3.63, 3.8) is 0 Å². The average Bonchev–Trinajstić information content (AvgIpc) is 3.42. The highest BCUT2D eigenvalue weighted by molar-refractivity contribution is 5.76. The third-order valence-electron chi connectivity index (χ3n) is 16.2. The molecule has 0 bridgehead atoms. The summed E-state index contributed by atoms with van der Waals surface area (Å²) in [4.78, 5) is 24.6. The zero-order chi connectivity index (χ0) is 55.0. The standard InChI is InChI=1S/C70H135NO5/c1-3-5-7-9-11-13-15-17-19-21-23-24-25-26-27-28-29-30-34-38-42-46-50-54-58-62-68(73)67(66-72)71-69(74)63-59-55-51-47-43-39-35-32-33-37-41-45-49-53-57-61-65-76-70(75)64-60-56-52-48-44-40-36-31-22-20-18-16-14-12-10-8-6-4-2/h20,22,32,35,67-68,72-73H,3-19,21,23-31,33-34,36-66H2,1-2H3,(H,71,74)/b22-20-,35-32-. The summed E-state index contributed by atoms with van der Waals surface area (Å²) in [7, 11) is 0. The lowest BCUT2D eigenvalue weighted by Crippen LogP contribution is -2.45. The summed E-state index contributed by atoms with van der Waals surface area (Å²) >= 11 is 0. The summed E-state index contributed by atoms with van der Waals surface area (Å²) in [6.07, 6.45) is 82.1. The van der Waals surface area contributed by atoms with Crippen LogP contribution in [-0.4, -0.2) is 47.4 Å². The van der Waals surface area contributed by atoms with E-state index in [-0.39, 0.29) is 18.5 Å². The largest absolute Gasteiger partial charge is 0.466 e. The first-order chi connectivity index (χ1) is 37.5. The molecule has 0 fully saturated rings. The van der Waals surface area contributed by atoms with Crippen LogP contribution in [0.4, 0.5) is 0 Å². The van der Waals surface area contributed by atoms with Gasteiger partial charge in [-0.1, -0.05) is 321 Å². The molecular weight excluding hydrogens is 935 g/mol. The van der Waals surface area contributed by atoms with Gasteiger partial charge in [-0.2, -0.15) is 0 Å². The Kier molecular flexibility index (Phi) is 64.4. The molecule has 0 aliphatic rings. The second kappa shape index (κ2) is 65.9. The van der Waals surface area contributed by atoms with Crippen LogP contribution in [0.3, 0.4) is 0 Å². The normalized spacial score (nSPS) is 12.6. The third-order valence-corrected chi connectivity index (χ3v) is 16.2. The van der Waals surface area contributed by atoms with Gasteiger partial charge in [0.1, 0.15) is 0 Å². The molecule has 0 saturated carbocycles. The number of unbranched alkanes of at least 4 members (excludes halogenated alkanes) is 50. The van der Waals surface area contributed by atoms with Gasteiger partial charge in [-0.05, 0) is 77.0 Å². The Balaban J connectivity index is 3.44. The van der Waals surface area contributed by atoms with E-state index in [1.54, 1.807) is 0 Å². The van der Waals surface area contributed by atoms with Crippen molar-refractivity contribution in [2.45, 2.75) is 398 Å². The van der Waals surface area contributed by atoms with Crippen LogP contribution in [0.25, 0.3) is 0 Å². The van der Waals surface area contributed by atoms with E-state index in [4.69, 9.17) is 4.74 Å². The van der Waals surface area contributed by atoms with Crippen LogP contribution in [0.5, 0.6) is 0 Å². The molecule has 6 heteroatoms. The molecule has 0 radical (unpaired) electrons. The first-order valence-corrected chi connectivity index (χ1v) is 34.6. The highest BCUT2D eigenvalue weighted by atomic mass is 16.5. The number of nitrogens with one attached hydrogen (secondary N) is 1. The Morgan fingerprint density at radius 1 is 0.355 bits per heavy atom. The van der Waals surface area contributed by atoms with Crippen LogP contribution in [0.2, 0.25) is 0 Å². The maximum atomic E-state index is 12.5. The van der Waals surface area contributed by atoms with Gasteiger partial charge in [0.15, 0.2) is 0 Å². The van der Waals surface area contributed by atoms with Gasteiger partial charge in [-0.3, -0.25) is 9.59 Å². The van der Waals surface area contributed by atoms with Gasteiger partial charge in [0.2, 0.25) is 5.91 Å². The second-order valence-corrected chi connectivity index (χ2v) is 23.9. The Morgan fingerprint density at radius 3 is 0.934 bits per heavy atom. The van der Waals surface area contributed by atoms with E-state index in [1.165, 1.54) is 289 Å². The molecule has 0 saturated heterocycles. The molecule has 450 valence electrons. The molecule has 0 aromatic rings. The molecule has 1 amide bonds. The molecule has 0 aromatic heterocycles. The highest BCUT2D eigenvalue weighted by Crippen LogP contribution is 2.19. The average molecular weight is 1070 g/mol. The van der Waals surface area contributed by atoms with Crippen molar-refractivity contribution < 1.29 is 24.5 Å². The van der Waals surface area contributed by atoms with Gasteiger partial charge in [-0.15, -0.1) is 0 Å². The topological polar surface area (TPSA) is 95.9 Å². The van der Waals surface area contributed by atoms with Crippen LogP contribution in [0.1, 0.15) is 386 Å². The van der Waals surface area contributed by atoms with Crippen LogP contribution >= 0.6 is 0 Å². The number of rotatable bonds is 65. The number of ether oxygens (including phenoxy) is 1. The number of allylic oxidation sites excluding steroid dienone is 4. The number of carbonyl (C=O) groups is 2. The van der Waals surface area contributed by atoms with Crippen molar-refractivity contribution >= 4 is 11.9 Å². The summed E-state index contributed by atoms with van der Waals surface area (Å²) in [5, 5.41) is 23.4. The first kappa shape index (κ1) is 74.3. The van der Waals surface area contributed by atoms with Gasteiger partial charge >= 0.3 is 5.97 Å². The van der Waals surface area contributed by atoms with E-state index in [0.717, 1.165) is 64.2 Å². The Bertz CT molecular complexity index is 1190. The van der Waals surface area contributed by atoms with Crippen molar-refractivity contribution in [1.29, 1.82) is 0 Å². The fourth-order valence-electron chi connectivity index (χ4n) is 10.9. The second-order valence-electron chi connectivity index (χ2n) is 23.9. The maximum Gasteiger partial charge on any atom is 0.305 e. The minimum atomic E-state index is -0.677. The zero-order valence-corrected chi connectivity index (χ0v) is 51.5. The lowest BCUT2D eigenvalue weighted by atomic mass is 10.0. The smallest absolute Gasteiger partial charge is 0.305 e. The first-order valence-electron chi connectivity index (χ1n) is 34.6. The van der Waals surface area contributed by atoms with E-state index < -0.39 is 12.1 Å². The molecule has 6 nitrogen and oxygen atoms in total. The molecule has 2 atom stereocenters. The van der Waals surface area contributed by atoms with Crippen molar-refractivity contribution in [2.24, 2.45) is 0 Å². The molecule has 0 rings (SSSR count). The summed E-state index contributed by atoms with van der Waals surface area (Å²) in [6.45, 7) is 4.96. The fraction of sp³-hybridized carbons (Fsp3) is 0.914. The van der Waals surface area contributed by atoms with E-state index >= 15 is 0 Å². The zero-order valence-electron chi connectivity index (χ0n) is 51.5. The van der Waals surface area contributed by atoms with Gasteiger partial charge in [0.25, 0.3) is 0 Å². The predicted molar refractivity (Wildman–Crippen MR) is 333 cm³/mol. The van der Waals surface area contributed by atoms with Crippen LogP contribution in [-0.2, 0) is 14.3 Å². The predicted octanol–water partition coefficient (Wildman–Crippen LogP) is 22.1. The van der Waals surface area contributed by atoms with Crippen molar-refractivity contribution in [3.8, 4) is 0 Å². The Labute approximate surface area is 475 Å². The summed E-state index contributed by atoms with van der Waals surface area (Å²) in [6, 6.07) is -0.556. The summed E-state index contributed by atoms with van der Waals surface area (Å²) in [5.74, 6) is -0.0522. The summed E-state index contributed by atoms with van der Waals surface area (Å²) in [5.41, 5.74) is 0. The van der Waals surface area contributed by atoms with Gasteiger partial charge < -0.3 is 20.3 Å². The van der Waals surface area contributed by atoms with E-state index in [2.05, 4.69) is 43.5 Å². The van der Waals surface area contributed by atoms with E-state index in [9.17, 15) is 19.8 Å². The molecule has 2 unspecified atom stereocenters. The number of amides is 1. The van der Waals surface area contributed by atoms with E-state index in [0.29, 0.717) is 25.9 Å². The lowest BCUT2D eigenvalue weighted by molar-refractivity contribution is -0.143. The van der Waals surface area contributed by atoms with Crippen molar-refractivity contribution in [3.05, 3.63) is 24.3 Å². The van der Waals surface area contributed by atoms with Crippen LogP contribution in [0, 0.1) is 0 Å². The quantitative estimate of drug-likeness (QED) is 0.0320. The summed E-state index contributed by atoms with van der Waals surface area (Å²) < 4.78 is 5.49. The molecule has 0 spiro atoms. The third kappa shape index (κ3) is 61.6. The van der Waals surface area contributed by atoms with E-state index in [1.807, 2.05) is 0 Å². The minimum Gasteiger partial charge on any atom is -0.466 e. The fourth-order valence-corrected chi connectivity index (χ4v) is 10.9. The number of aliphatic hydroxyl groups is 2. The molecular formula is C70H135NO5. The SMILES string of the molecule is CCCCCCCCC/C=C\CCCCCCCCCC(=O)OCCCCCCCCC/C=C\CCCCCCCC(=O)NC(CO)C(O)CCCCCCCCCCCCCCCCCCCCCCCCCCC. The van der Waals surface area contributed by atoms with Crippen LogP contribution < -0.4 is 5.32 Å². The molecule has 0 aliphatic carbocycles. The van der Waals surface area contributed by atoms with Gasteiger partial charge in [0.05, 0.1) is 25.4 Å². The Hall–Kier alpha value is -1.66. The molecule has 76 heavy (non-hydrogen) atoms. The molecule has 0 heterocycles. The molecule has 0 aromatic carbocycles. The van der Waals surface area contributed by atoms with Gasteiger partial charge in [-0.25, -0.2) is 0 Å². The van der Waals surface area contributed by atoms with Crippen molar-refractivity contribution in [1.82, 2.24) is 5.32 Å². The maximum absolute atomic E-state index is 12.5.